The summed E-state index contributed by atoms with van der Waals surface area (Å²) in [6.07, 6.45) is 5.79. The Morgan fingerprint density at radius 3 is 2.80 bits per heavy atom. The lowest BCUT2D eigenvalue weighted by Gasteiger charge is -2.15. The van der Waals surface area contributed by atoms with E-state index in [-0.39, 0.29) is 0 Å². The van der Waals surface area contributed by atoms with Crippen LogP contribution in [0.4, 0.5) is 0 Å². The minimum absolute atomic E-state index is 0.681. The maximum Gasteiger partial charge on any atom is 0.0259 e. The first-order chi connectivity index (χ1) is 4.79. The summed E-state index contributed by atoms with van der Waals surface area (Å²) in [5.41, 5.74) is 0.681. The van der Waals surface area contributed by atoms with Crippen molar-refractivity contribution in [3.8, 4) is 0 Å². The third kappa shape index (κ3) is 0.747. The van der Waals surface area contributed by atoms with Gasteiger partial charge in [-0.25, -0.2) is 0 Å². The lowest BCUT2D eigenvalue weighted by atomic mass is 9.90. The maximum atomic E-state index is 5.86. The van der Waals surface area contributed by atoms with Crippen LogP contribution in [0.5, 0.6) is 0 Å². The molecule has 0 unspecified atom stereocenters. The molecule has 2 aliphatic rings. The highest BCUT2D eigenvalue weighted by atomic mass is 35.5. The van der Waals surface area contributed by atoms with Crippen molar-refractivity contribution in [1.82, 2.24) is 0 Å². The van der Waals surface area contributed by atoms with Crippen LogP contribution < -0.4 is 0 Å². The zero-order valence-electron chi connectivity index (χ0n) is 6.57. The second-order valence-corrected chi connectivity index (χ2v) is 4.43. The molecular weight excluding hydrogens is 144 g/mol. The molecule has 3 atom stereocenters. The zero-order chi connectivity index (χ0) is 7.19. The van der Waals surface area contributed by atoms with Gasteiger partial charge in [0.15, 0.2) is 0 Å². The average molecular weight is 159 g/mol. The number of halogens is 1. The van der Waals surface area contributed by atoms with Crippen LogP contribution >= 0.6 is 11.6 Å². The molecule has 0 saturated heterocycles. The van der Waals surface area contributed by atoms with Crippen molar-refractivity contribution >= 4 is 11.6 Å². The first kappa shape index (κ1) is 6.97. The Bertz CT molecular complexity index is 138. The predicted octanol–water partition coefficient (Wildman–Crippen LogP) is 3.05. The molecule has 0 amide bonds. The monoisotopic (exact) mass is 158 g/mol. The fraction of sp³-hybridized carbons (Fsp3) is 1.00. The topological polar surface area (TPSA) is 0 Å². The Labute approximate surface area is 68.0 Å². The molecule has 0 spiro atoms. The molecule has 58 valence electrons. The number of hydrogen-bond donors (Lipinski definition) is 0. The van der Waals surface area contributed by atoms with Crippen LogP contribution in [0, 0.1) is 17.3 Å². The van der Waals surface area contributed by atoms with Crippen LogP contribution in [-0.2, 0) is 0 Å². The van der Waals surface area contributed by atoms with E-state index in [0.717, 1.165) is 17.7 Å². The van der Waals surface area contributed by atoms with Crippen LogP contribution in [0.1, 0.15) is 32.6 Å². The molecule has 1 heteroatoms. The second-order valence-electron chi connectivity index (χ2n) is 4.12. The molecule has 0 bridgehead atoms. The molecule has 2 rings (SSSR count). The van der Waals surface area contributed by atoms with Gasteiger partial charge in [-0.3, -0.25) is 0 Å². The SMILES string of the molecule is C[C@]12CCCC[C@H]1[C@@H]2CCl. The molecule has 0 aromatic heterocycles. The van der Waals surface area contributed by atoms with E-state index in [2.05, 4.69) is 6.92 Å². The Balaban J connectivity index is 2.05. The molecule has 0 radical (unpaired) electrons. The summed E-state index contributed by atoms with van der Waals surface area (Å²) in [4.78, 5) is 0. The average Bonchev–Trinajstić information content (AvgIpc) is 2.54. The standard InChI is InChI=1S/C9H15Cl/c1-9-5-3-2-4-7(9)8(9)6-10/h7-8H,2-6H2,1H3/t7-,8-,9-/m0/s1. The van der Waals surface area contributed by atoms with Gasteiger partial charge >= 0.3 is 0 Å². The quantitative estimate of drug-likeness (QED) is 0.515. The van der Waals surface area contributed by atoms with Gasteiger partial charge < -0.3 is 0 Å². The molecule has 2 saturated carbocycles. The van der Waals surface area contributed by atoms with Crippen molar-refractivity contribution in [1.29, 1.82) is 0 Å². The molecule has 0 aromatic rings. The van der Waals surface area contributed by atoms with Crippen molar-refractivity contribution in [3.63, 3.8) is 0 Å². The summed E-state index contributed by atoms with van der Waals surface area (Å²) >= 11 is 5.86. The van der Waals surface area contributed by atoms with Gasteiger partial charge in [0.05, 0.1) is 0 Å². The summed E-state index contributed by atoms with van der Waals surface area (Å²) in [7, 11) is 0. The van der Waals surface area contributed by atoms with Gasteiger partial charge in [0.1, 0.15) is 0 Å². The minimum atomic E-state index is 0.681. The van der Waals surface area contributed by atoms with Crippen molar-refractivity contribution in [2.75, 3.05) is 5.88 Å². The van der Waals surface area contributed by atoms with Gasteiger partial charge in [-0.2, -0.15) is 0 Å². The Morgan fingerprint density at radius 1 is 1.50 bits per heavy atom. The largest absolute Gasteiger partial charge is 0.126 e. The molecule has 2 aliphatic carbocycles. The van der Waals surface area contributed by atoms with E-state index < -0.39 is 0 Å². The van der Waals surface area contributed by atoms with Gasteiger partial charge in [-0.1, -0.05) is 19.8 Å². The zero-order valence-corrected chi connectivity index (χ0v) is 7.32. The first-order valence-corrected chi connectivity index (χ1v) is 4.88. The molecular formula is C9H15Cl. The van der Waals surface area contributed by atoms with Gasteiger partial charge in [0, 0.05) is 5.88 Å². The molecule has 0 aromatic carbocycles. The molecule has 0 aliphatic heterocycles. The van der Waals surface area contributed by atoms with Gasteiger partial charge in [0.25, 0.3) is 0 Å². The van der Waals surface area contributed by atoms with Crippen molar-refractivity contribution in [3.05, 3.63) is 0 Å². The predicted molar refractivity (Wildman–Crippen MR) is 44.3 cm³/mol. The third-order valence-corrected chi connectivity index (χ3v) is 4.05. The highest BCUT2D eigenvalue weighted by Crippen LogP contribution is 2.66. The highest BCUT2D eigenvalue weighted by molar-refractivity contribution is 6.18. The summed E-state index contributed by atoms with van der Waals surface area (Å²) in [6, 6.07) is 0. The van der Waals surface area contributed by atoms with Gasteiger partial charge in [-0.05, 0) is 30.1 Å². The second kappa shape index (κ2) is 2.14. The number of alkyl halides is 1. The van der Waals surface area contributed by atoms with E-state index in [9.17, 15) is 0 Å². The number of hydrogen-bond acceptors (Lipinski definition) is 0. The molecule has 10 heavy (non-hydrogen) atoms. The summed E-state index contributed by atoms with van der Waals surface area (Å²) < 4.78 is 0. The Hall–Kier alpha value is 0.290. The van der Waals surface area contributed by atoms with Crippen molar-refractivity contribution in [2.45, 2.75) is 32.6 Å². The van der Waals surface area contributed by atoms with E-state index in [1.807, 2.05) is 0 Å². The normalized spacial score (nSPS) is 52.2. The summed E-state index contributed by atoms with van der Waals surface area (Å²) in [5.74, 6) is 2.77. The summed E-state index contributed by atoms with van der Waals surface area (Å²) in [5, 5.41) is 0. The van der Waals surface area contributed by atoms with Gasteiger partial charge in [-0.15, -0.1) is 11.6 Å². The fourth-order valence-electron chi connectivity index (χ4n) is 2.82. The molecule has 0 nitrogen and oxygen atoms in total. The van der Waals surface area contributed by atoms with E-state index >= 15 is 0 Å². The molecule has 0 N–H and O–H groups in total. The van der Waals surface area contributed by atoms with Crippen LogP contribution in [0.3, 0.4) is 0 Å². The Morgan fingerprint density at radius 2 is 2.30 bits per heavy atom. The van der Waals surface area contributed by atoms with Crippen molar-refractivity contribution < 1.29 is 0 Å². The fourth-order valence-corrected chi connectivity index (χ4v) is 3.39. The van der Waals surface area contributed by atoms with Crippen molar-refractivity contribution in [2.24, 2.45) is 17.3 Å². The van der Waals surface area contributed by atoms with Crippen LogP contribution in [-0.4, -0.2) is 5.88 Å². The van der Waals surface area contributed by atoms with Crippen LogP contribution in [0.25, 0.3) is 0 Å². The van der Waals surface area contributed by atoms with E-state index in [1.165, 1.54) is 25.7 Å². The summed E-state index contributed by atoms with van der Waals surface area (Å²) in [6.45, 7) is 2.42. The van der Waals surface area contributed by atoms with E-state index in [0.29, 0.717) is 5.41 Å². The lowest BCUT2D eigenvalue weighted by Crippen LogP contribution is -2.04. The molecule has 0 heterocycles. The third-order valence-electron chi connectivity index (χ3n) is 3.72. The number of rotatable bonds is 1. The lowest BCUT2D eigenvalue weighted by molar-refractivity contribution is 0.361. The maximum absolute atomic E-state index is 5.86. The first-order valence-electron chi connectivity index (χ1n) is 4.35. The van der Waals surface area contributed by atoms with E-state index in [1.54, 1.807) is 0 Å². The molecule has 2 fully saturated rings. The van der Waals surface area contributed by atoms with Crippen LogP contribution in [0.15, 0.2) is 0 Å². The van der Waals surface area contributed by atoms with E-state index in [4.69, 9.17) is 11.6 Å². The minimum Gasteiger partial charge on any atom is -0.126 e. The van der Waals surface area contributed by atoms with Crippen LogP contribution in [0.2, 0.25) is 0 Å². The number of fused-ring (bicyclic) bond motifs is 1. The highest BCUT2D eigenvalue weighted by Gasteiger charge is 2.60. The Kier molecular flexibility index (Phi) is 1.49. The smallest absolute Gasteiger partial charge is 0.0259 e. The van der Waals surface area contributed by atoms with Gasteiger partial charge in [0.2, 0.25) is 0 Å².